The minimum Gasteiger partial charge on any atom is -0.497 e. The number of benzene rings is 2. The Labute approximate surface area is 155 Å². The smallest absolute Gasteiger partial charge is 0.188 e. The fraction of sp³-hybridized carbons (Fsp3) is 0.381. The number of aliphatic imine (C=N–C) groups is 1. The molecular formula is C21H28N4O. The number of rotatable bonds is 6. The second-order valence-corrected chi connectivity index (χ2v) is 6.71. The number of hydrogen-bond acceptors (Lipinski definition) is 3. The molecule has 138 valence electrons. The zero-order chi connectivity index (χ0) is 18.4. The van der Waals surface area contributed by atoms with Gasteiger partial charge in [0.15, 0.2) is 5.96 Å². The molecular weight excluding hydrogens is 324 g/mol. The molecule has 0 aliphatic carbocycles. The fourth-order valence-corrected chi connectivity index (χ4v) is 3.30. The van der Waals surface area contributed by atoms with E-state index in [-0.39, 0.29) is 0 Å². The molecule has 1 aliphatic rings. The van der Waals surface area contributed by atoms with E-state index in [1.54, 1.807) is 7.11 Å². The van der Waals surface area contributed by atoms with E-state index < -0.39 is 0 Å². The quantitative estimate of drug-likeness (QED) is 0.620. The van der Waals surface area contributed by atoms with Gasteiger partial charge in [-0.05, 0) is 54.2 Å². The van der Waals surface area contributed by atoms with Crippen molar-refractivity contribution >= 4 is 11.6 Å². The first kappa shape index (κ1) is 18.1. The predicted molar refractivity (Wildman–Crippen MR) is 108 cm³/mol. The lowest BCUT2D eigenvalue weighted by atomic mass is 10.00. The molecule has 1 aliphatic heterocycles. The van der Waals surface area contributed by atoms with Gasteiger partial charge in [0.1, 0.15) is 5.75 Å². The highest BCUT2D eigenvalue weighted by Crippen LogP contribution is 2.26. The highest BCUT2D eigenvalue weighted by Gasteiger charge is 2.13. The minimum absolute atomic E-state index is 0.494. The highest BCUT2D eigenvalue weighted by molar-refractivity contribution is 5.77. The molecule has 1 heterocycles. The van der Waals surface area contributed by atoms with Crippen molar-refractivity contribution in [3.63, 3.8) is 0 Å². The largest absolute Gasteiger partial charge is 0.497 e. The van der Waals surface area contributed by atoms with E-state index >= 15 is 0 Å². The Morgan fingerprint density at radius 1 is 1.19 bits per heavy atom. The number of nitrogens with zero attached hydrogens (tertiary/aromatic N) is 2. The molecule has 0 saturated heterocycles. The molecule has 0 fully saturated rings. The van der Waals surface area contributed by atoms with Crippen LogP contribution in [-0.2, 0) is 19.4 Å². The maximum Gasteiger partial charge on any atom is 0.188 e. The summed E-state index contributed by atoms with van der Waals surface area (Å²) < 4.78 is 5.17. The Morgan fingerprint density at radius 2 is 1.96 bits per heavy atom. The Morgan fingerprint density at radius 3 is 2.73 bits per heavy atom. The number of anilines is 1. The van der Waals surface area contributed by atoms with Crippen molar-refractivity contribution < 1.29 is 4.74 Å². The maximum absolute atomic E-state index is 6.00. The Balaban J connectivity index is 1.49. The number of fused-ring (bicyclic) bond motifs is 1. The summed E-state index contributed by atoms with van der Waals surface area (Å²) in [6, 6.07) is 14.7. The lowest BCUT2D eigenvalue weighted by Crippen LogP contribution is -2.33. The molecule has 2 aromatic carbocycles. The van der Waals surface area contributed by atoms with Crippen LogP contribution in [0, 0.1) is 0 Å². The van der Waals surface area contributed by atoms with Crippen molar-refractivity contribution in [2.45, 2.75) is 25.8 Å². The van der Waals surface area contributed by atoms with Crippen molar-refractivity contribution in [2.75, 3.05) is 32.1 Å². The Kier molecular flexibility index (Phi) is 6.00. The lowest BCUT2D eigenvalue weighted by Gasteiger charge is -2.27. The topological polar surface area (TPSA) is 62.9 Å². The van der Waals surface area contributed by atoms with Gasteiger partial charge in [-0.15, -0.1) is 0 Å². The van der Waals surface area contributed by atoms with Gasteiger partial charge in [0.25, 0.3) is 0 Å². The molecule has 3 N–H and O–H groups in total. The van der Waals surface area contributed by atoms with E-state index in [0.29, 0.717) is 12.5 Å². The van der Waals surface area contributed by atoms with E-state index in [1.165, 1.54) is 28.8 Å². The summed E-state index contributed by atoms with van der Waals surface area (Å²) in [5, 5.41) is 3.19. The second-order valence-electron chi connectivity index (χ2n) is 6.71. The molecule has 0 aromatic heterocycles. The van der Waals surface area contributed by atoms with Gasteiger partial charge in [-0.25, -0.2) is 4.99 Å². The third-order valence-corrected chi connectivity index (χ3v) is 4.81. The van der Waals surface area contributed by atoms with Crippen molar-refractivity contribution in [3.8, 4) is 5.75 Å². The van der Waals surface area contributed by atoms with Crippen LogP contribution in [0.5, 0.6) is 5.75 Å². The van der Waals surface area contributed by atoms with Crippen LogP contribution in [0.25, 0.3) is 0 Å². The first-order valence-electron chi connectivity index (χ1n) is 9.15. The van der Waals surface area contributed by atoms with Gasteiger partial charge in [0.05, 0.1) is 13.7 Å². The molecule has 0 radical (unpaired) electrons. The maximum atomic E-state index is 6.00. The van der Waals surface area contributed by atoms with Crippen LogP contribution in [0.4, 0.5) is 5.69 Å². The lowest BCUT2D eigenvalue weighted by molar-refractivity contribution is 0.414. The summed E-state index contributed by atoms with van der Waals surface area (Å²) in [6.07, 6.45) is 3.25. The van der Waals surface area contributed by atoms with Gasteiger partial charge in [-0.2, -0.15) is 0 Å². The van der Waals surface area contributed by atoms with Crippen LogP contribution in [0.2, 0.25) is 0 Å². The summed E-state index contributed by atoms with van der Waals surface area (Å²) in [5.74, 6) is 1.37. The normalized spacial score (nSPS) is 14.1. The minimum atomic E-state index is 0.494. The van der Waals surface area contributed by atoms with Crippen LogP contribution in [0.1, 0.15) is 23.1 Å². The molecule has 0 spiro atoms. The number of hydrogen-bond donors (Lipinski definition) is 2. The summed E-state index contributed by atoms with van der Waals surface area (Å²) in [4.78, 5) is 6.79. The summed E-state index contributed by atoms with van der Waals surface area (Å²) in [5.41, 5.74) is 11.2. The number of ether oxygens (including phenoxy) is 1. The third-order valence-electron chi connectivity index (χ3n) is 4.81. The second kappa shape index (κ2) is 8.61. The average Bonchev–Trinajstić information content (AvgIpc) is 2.67. The zero-order valence-electron chi connectivity index (χ0n) is 15.7. The molecule has 0 bridgehead atoms. The summed E-state index contributed by atoms with van der Waals surface area (Å²) in [6.45, 7) is 2.50. The highest BCUT2D eigenvalue weighted by atomic mass is 16.5. The number of nitrogens with two attached hydrogens (primary N) is 1. The van der Waals surface area contributed by atoms with Gasteiger partial charge < -0.3 is 20.7 Å². The molecule has 3 rings (SSSR count). The Bertz CT molecular complexity index is 755. The van der Waals surface area contributed by atoms with Crippen LogP contribution < -0.4 is 20.7 Å². The van der Waals surface area contributed by atoms with Gasteiger partial charge in [0, 0.05) is 25.8 Å². The van der Waals surface area contributed by atoms with E-state index in [9.17, 15) is 0 Å². The molecule has 5 nitrogen and oxygen atoms in total. The summed E-state index contributed by atoms with van der Waals surface area (Å²) in [7, 11) is 3.83. The summed E-state index contributed by atoms with van der Waals surface area (Å²) >= 11 is 0. The SMILES string of the molecule is COc1ccc(CCNC(N)=NCc2ccc3c(c2)CCCN3C)cc1. The van der Waals surface area contributed by atoms with E-state index in [0.717, 1.165) is 31.7 Å². The van der Waals surface area contributed by atoms with E-state index in [4.69, 9.17) is 10.5 Å². The fourth-order valence-electron chi connectivity index (χ4n) is 3.30. The van der Waals surface area contributed by atoms with E-state index in [1.807, 2.05) is 12.1 Å². The Hall–Kier alpha value is -2.69. The molecule has 0 amide bonds. The van der Waals surface area contributed by atoms with Crippen LogP contribution in [0.3, 0.4) is 0 Å². The van der Waals surface area contributed by atoms with Crippen LogP contribution >= 0.6 is 0 Å². The first-order valence-corrected chi connectivity index (χ1v) is 9.15. The number of aryl methyl sites for hydroxylation is 1. The number of guanidine groups is 1. The van der Waals surface area contributed by atoms with Gasteiger partial charge in [-0.3, -0.25) is 0 Å². The van der Waals surface area contributed by atoms with Crippen molar-refractivity contribution in [2.24, 2.45) is 10.7 Å². The van der Waals surface area contributed by atoms with Crippen molar-refractivity contribution in [1.29, 1.82) is 0 Å². The standard InChI is InChI=1S/C21H28N4O/c1-25-13-3-4-18-14-17(7-10-20(18)25)15-24-21(22)23-12-11-16-5-8-19(26-2)9-6-16/h5-10,14H,3-4,11-13,15H2,1-2H3,(H3,22,23,24). The molecule has 26 heavy (non-hydrogen) atoms. The monoisotopic (exact) mass is 352 g/mol. The van der Waals surface area contributed by atoms with Crippen molar-refractivity contribution in [1.82, 2.24) is 5.32 Å². The zero-order valence-corrected chi connectivity index (χ0v) is 15.7. The van der Waals surface area contributed by atoms with E-state index in [2.05, 4.69) is 52.6 Å². The predicted octanol–water partition coefficient (Wildman–Crippen LogP) is 2.72. The first-order chi connectivity index (χ1) is 12.7. The third kappa shape index (κ3) is 4.69. The van der Waals surface area contributed by atoms with Gasteiger partial charge in [-0.1, -0.05) is 24.3 Å². The number of methoxy groups -OCH3 is 1. The molecule has 0 atom stereocenters. The van der Waals surface area contributed by atoms with Crippen LogP contribution in [0.15, 0.2) is 47.5 Å². The number of nitrogens with one attached hydrogen (secondary N) is 1. The molecule has 2 aromatic rings. The van der Waals surface area contributed by atoms with Crippen LogP contribution in [-0.4, -0.2) is 33.2 Å². The molecule has 0 saturated carbocycles. The van der Waals surface area contributed by atoms with Gasteiger partial charge in [0.2, 0.25) is 0 Å². The van der Waals surface area contributed by atoms with Crippen molar-refractivity contribution in [3.05, 3.63) is 59.2 Å². The van der Waals surface area contributed by atoms with Gasteiger partial charge >= 0.3 is 0 Å². The molecule has 5 heteroatoms. The molecule has 0 unspecified atom stereocenters. The average molecular weight is 352 g/mol.